The molecule has 0 radical (unpaired) electrons. The molecule has 180 valence electrons. The predicted molar refractivity (Wildman–Crippen MR) is 144 cm³/mol. The monoisotopic (exact) mass is 448 g/mol. The normalized spacial score (nSPS) is 13.7. The molecule has 0 atom stereocenters. The number of hydrogen-bond donors (Lipinski definition) is 2. The van der Waals surface area contributed by atoms with E-state index in [2.05, 4.69) is 96.9 Å². The number of benzene rings is 3. The summed E-state index contributed by atoms with van der Waals surface area (Å²) in [5, 5.41) is 14.8. The summed E-state index contributed by atoms with van der Waals surface area (Å²) in [4.78, 5) is 2.56. The van der Waals surface area contributed by atoms with Crippen LogP contribution >= 0.6 is 0 Å². The van der Waals surface area contributed by atoms with Gasteiger partial charge in [-0.3, -0.25) is 0 Å². The molecule has 1 aliphatic rings. The maximum Gasteiger partial charge on any atom is 0.0556 e. The number of aliphatic hydroxyl groups excluding tert-OH is 1. The van der Waals surface area contributed by atoms with Crippen LogP contribution in [0, 0.1) is 0 Å². The molecule has 3 heteroatoms. The fourth-order valence-electron chi connectivity index (χ4n) is 4.25. The van der Waals surface area contributed by atoms with Crippen molar-refractivity contribution in [1.82, 2.24) is 10.2 Å². The average molecular weight is 449 g/mol. The third-order valence-electron chi connectivity index (χ3n) is 5.93. The van der Waals surface area contributed by atoms with Gasteiger partial charge in [0, 0.05) is 18.6 Å². The van der Waals surface area contributed by atoms with Gasteiger partial charge < -0.3 is 15.3 Å². The number of fused-ring (bicyclic) bond motifs is 1. The molecule has 0 bridgehead atoms. The minimum atomic E-state index is 0.00515. The first kappa shape index (κ1) is 27.0. The van der Waals surface area contributed by atoms with Gasteiger partial charge in [-0.25, -0.2) is 0 Å². The smallest absolute Gasteiger partial charge is 0.0556 e. The molecule has 0 aromatic heterocycles. The SMILES string of the molecule is CC.CC(C)(Cc1ccc2ccccc2c1)NCCO.c1ccc(CCN2CCCC2)cc1. The molecular formula is C30H44N2O. The molecule has 0 aliphatic carbocycles. The number of nitrogens with one attached hydrogen (secondary N) is 1. The second-order valence-corrected chi connectivity index (χ2v) is 9.18. The number of β-amino-alcohol motifs (C(OH)–C–C–N with tert-alkyl or cyclic N) is 1. The number of hydrogen-bond acceptors (Lipinski definition) is 3. The Morgan fingerprint density at radius 3 is 2.12 bits per heavy atom. The molecule has 2 N–H and O–H groups in total. The maximum atomic E-state index is 8.87. The lowest BCUT2D eigenvalue weighted by atomic mass is 9.93. The Labute approximate surface area is 201 Å². The van der Waals surface area contributed by atoms with Gasteiger partial charge in [-0.1, -0.05) is 86.6 Å². The number of aliphatic hydroxyl groups is 1. The molecular weight excluding hydrogens is 404 g/mol. The summed E-state index contributed by atoms with van der Waals surface area (Å²) >= 11 is 0. The fraction of sp³-hybridized carbons (Fsp3) is 0.467. The van der Waals surface area contributed by atoms with Gasteiger partial charge in [-0.15, -0.1) is 0 Å². The van der Waals surface area contributed by atoms with Crippen LogP contribution in [0.25, 0.3) is 10.8 Å². The second kappa shape index (κ2) is 14.8. The van der Waals surface area contributed by atoms with Crippen LogP contribution in [0.1, 0.15) is 51.7 Å². The van der Waals surface area contributed by atoms with Gasteiger partial charge in [0.2, 0.25) is 0 Å². The van der Waals surface area contributed by atoms with E-state index in [0.717, 1.165) is 6.42 Å². The second-order valence-electron chi connectivity index (χ2n) is 9.18. The Kier molecular flexibility index (Phi) is 12.2. The summed E-state index contributed by atoms with van der Waals surface area (Å²) in [5.74, 6) is 0. The molecule has 1 aliphatic heterocycles. The van der Waals surface area contributed by atoms with E-state index in [1.165, 1.54) is 60.8 Å². The molecule has 3 aromatic carbocycles. The van der Waals surface area contributed by atoms with Crippen molar-refractivity contribution in [3.63, 3.8) is 0 Å². The summed E-state index contributed by atoms with van der Waals surface area (Å²) in [6.07, 6.45) is 4.96. The van der Waals surface area contributed by atoms with E-state index < -0.39 is 0 Å². The van der Waals surface area contributed by atoms with Crippen LogP contribution in [0.5, 0.6) is 0 Å². The Bertz CT molecular complexity index is 901. The summed E-state index contributed by atoms with van der Waals surface area (Å²) in [6, 6.07) is 25.8. The topological polar surface area (TPSA) is 35.5 Å². The van der Waals surface area contributed by atoms with Gasteiger partial charge in [-0.05, 0) is 74.5 Å². The van der Waals surface area contributed by atoms with Crippen molar-refractivity contribution in [2.24, 2.45) is 0 Å². The van der Waals surface area contributed by atoms with E-state index in [4.69, 9.17) is 5.11 Å². The van der Waals surface area contributed by atoms with E-state index in [1.807, 2.05) is 13.8 Å². The summed E-state index contributed by atoms with van der Waals surface area (Å²) in [6.45, 7) is 13.0. The van der Waals surface area contributed by atoms with Gasteiger partial charge in [-0.2, -0.15) is 0 Å². The van der Waals surface area contributed by atoms with E-state index in [-0.39, 0.29) is 12.1 Å². The summed E-state index contributed by atoms with van der Waals surface area (Å²) in [5.41, 5.74) is 2.80. The highest BCUT2D eigenvalue weighted by atomic mass is 16.3. The average Bonchev–Trinajstić information content (AvgIpc) is 3.37. The quantitative estimate of drug-likeness (QED) is 0.437. The van der Waals surface area contributed by atoms with Crippen molar-refractivity contribution >= 4 is 10.8 Å². The lowest BCUT2D eigenvalue weighted by Gasteiger charge is -2.26. The van der Waals surface area contributed by atoms with Crippen molar-refractivity contribution in [3.05, 3.63) is 83.9 Å². The van der Waals surface area contributed by atoms with Gasteiger partial charge in [0.05, 0.1) is 6.61 Å². The number of likely N-dealkylation sites (tertiary alicyclic amines) is 1. The van der Waals surface area contributed by atoms with Crippen molar-refractivity contribution < 1.29 is 5.11 Å². The van der Waals surface area contributed by atoms with Crippen LogP contribution in [0.2, 0.25) is 0 Å². The summed E-state index contributed by atoms with van der Waals surface area (Å²) < 4.78 is 0. The number of nitrogens with zero attached hydrogens (tertiary/aromatic N) is 1. The molecule has 3 nitrogen and oxygen atoms in total. The molecule has 4 rings (SSSR count). The van der Waals surface area contributed by atoms with Crippen molar-refractivity contribution in [3.8, 4) is 0 Å². The van der Waals surface area contributed by atoms with Gasteiger partial charge in [0.15, 0.2) is 0 Å². The Morgan fingerprint density at radius 1 is 0.818 bits per heavy atom. The predicted octanol–water partition coefficient (Wildman–Crippen LogP) is 6.09. The van der Waals surface area contributed by atoms with Crippen LogP contribution in [-0.4, -0.2) is 48.3 Å². The third-order valence-corrected chi connectivity index (χ3v) is 5.93. The fourth-order valence-corrected chi connectivity index (χ4v) is 4.25. The minimum Gasteiger partial charge on any atom is -0.395 e. The van der Waals surface area contributed by atoms with Crippen LogP contribution in [0.15, 0.2) is 72.8 Å². The Morgan fingerprint density at radius 2 is 1.45 bits per heavy atom. The van der Waals surface area contributed by atoms with Gasteiger partial charge >= 0.3 is 0 Å². The first-order valence-electron chi connectivity index (χ1n) is 12.7. The molecule has 1 saturated heterocycles. The van der Waals surface area contributed by atoms with Crippen molar-refractivity contribution in [2.45, 2.75) is 58.9 Å². The van der Waals surface area contributed by atoms with Crippen LogP contribution in [-0.2, 0) is 12.8 Å². The highest BCUT2D eigenvalue weighted by Crippen LogP contribution is 2.19. The zero-order valence-electron chi connectivity index (χ0n) is 21.2. The molecule has 1 fully saturated rings. The highest BCUT2D eigenvalue weighted by Gasteiger charge is 2.17. The molecule has 0 spiro atoms. The third kappa shape index (κ3) is 10.1. The molecule has 0 unspecified atom stereocenters. The largest absolute Gasteiger partial charge is 0.395 e. The summed E-state index contributed by atoms with van der Waals surface area (Å²) in [7, 11) is 0. The lowest BCUT2D eigenvalue weighted by Crippen LogP contribution is -2.42. The standard InChI is InChI=1S/C16H21NO.C12H17N.C2H6/c1-16(2,17-9-10-18)12-13-7-8-14-5-3-4-6-15(14)11-13;1-2-6-12(7-3-1)8-11-13-9-4-5-10-13;1-2/h3-8,11,17-18H,9-10,12H2,1-2H3;1-3,6-7H,4-5,8-11H2;1-2H3. The Hall–Kier alpha value is -2.20. The molecule has 0 saturated carbocycles. The van der Waals surface area contributed by atoms with E-state index in [1.54, 1.807) is 0 Å². The maximum absolute atomic E-state index is 8.87. The van der Waals surface area contributed by atoms with Crippen molar-refractivity contribution in [1.29, 1.82) is 0 Å². The lowest BCUT2D eigenvalue weighted by molar-refractivity contribution is 0.265. The van der Waals surface area contributed by atoms with E-state index in [0.29, 0.717) is 6.54 Å². The zero-order chi connectivity index (χ0) is 23.9. The first-order chi connectivity index (χ1) is 16.1. The van der Waals surface area contributed by atoms with Gasteiger partial charge in [0.25, 0.3) is 0 Å². The van der Waals surface area contributed by atoms with Crippen molar-refractivity contribution in [2.75, 3.05) is 32.8 Å². The zero-order valence-corrected chi connectivity index (χ0v) is 21.2. The van der Waals surface area contributed by atoms with Crippen LogP contribution in [0.3, 0.4) is 0 Å². The molecule has 0 amide bonds. The minimum absolute atomic E-state index is 0.00515. The highest BCUT2D eigenvalue weighted by molar-refractivity contribution is 5.83. The van der Waals surface area contributed by atoms with E-state index >= 15 is 0 Å². The number of rotatable bonds is 8. The van der Waals surface area contributed by atoms with Crippen LogP contribution < -0.4 is 5.32 Å². The van der Waals surface area contributed by atoms with E-state index in [9.17, 15) is 0 Å². The molecule has 3 aromatic rings. The Balaban J connectivity index is 0.000000227. The van der Waals surface area contributed by atoms with Crippen LogP contribution in [0.4, 0.5) is 0 Å². The van der Waals surface area contributed by atoms with Gasteiger partial charge in [0.1, 0.15) is 0 Å². The molecule has 33 heavy (non-hydrogen) atoms. The first-order valence-corrected chi connectivity index (χ1v) is 12.7. The molecule has 1 heterocycles.